The van der Waals surface area contributed by atoms with Crippen LogP contribution in [0, 0.1) is 5.92 Å². The molecule has 9 heteroatoms. The van der Waals surface area contributed by atoms with E-state index in [0.29, 0.717) is 23.1 Å². The maximum Gasteiger partial charge on any atom is 0.306 e. The highest BCUT2D eigenvalue weighted by atomic mass is 35.5. The van der Waals surface area contributed by atoms with E-state index in [-0.39, 0.29) is 49.1 Å². The van der Waals surface area contributed by atoms with Crippen LogP contribution in [0.4, 0.5) is 5.82 Å². The Kier molecular flexibility index (Phi) is 9.67. The van der Waals surface area contributed by atoms with E-state index in [1.165, 1.54) is 4.90 Å². The molecule has 0 aliphatic carbocycles. The number of hydrogen-bond donors (Lipinski definition) is 1. The smallest absolute Gasteiger partial charge is 0.306 e. The second-order valence-electron chi connectivity index (χ2n) is 9.55. The van der Waals surface area contributed by atoms with Crippen LogP contribution in [0.3, 0.4) is 0 Å². The number of anilines is 1. The fourth-order valence-corrected chi connectivity index (χ4v) is 3.51. The van der Waals surface area contributed by atoms with Gasteiger partial charge in [0.2, 0.25) is 11.8 Å². The average molecular weight is 491 g/mol. The van der Waals surface area contributed by atoms with Gasteiger partial charge in [-0.05, 0) is 25.0 Å². The van der Waals surface area contributed by atoms with Crippen LogP contribution in [0.5, 0.6) is 0 Å². The van der Waals surface area contributed by atoms with Crippen LogP contribution in [-0.2, 0) is 24.5 Å². The maximum absolute atomic E-state index is 13.0. The van der Waals surface area contributed by atoms with Crippen LogP contribution in [0.2, 0.25) is 5.02 Å². The number of benzene rings is 1. The van der Waals surface area contributed by atoms with Crippen molar-refractivity contribution in [3.8, 4) is 5.69 Å². The van der Waals surface area contributed by atoms with E-state index >= 15 is 0 Å². The molecule has 0 saturated carbocycles. The Morgan fingerprint density at radius 3 is 2.44 bits per heavy atom. The van der Waals surface area contributed by atoms with E-state index in [2.05, 4.69) is 10.4 Å². The van der Waals surface area contributed by atoms with Gasteiger partial charge in [0.1, 0.15) is 5.82 Å². The van der Waals surface area contributed by atoms with E-state index in [1.54, 1.807) is 17.7 Å². The van der Waals surface area contributed by atoms with Gasteiger partial charge in [0, 0.05) is 24.4 Å². The number of esters is 1. The molecular formula is C25H35ClN4O4. The molecule has 186 valence electrons. The van der Waals surface area contributed by atoms with Gasteiger partial charge in [-0.1, -0.05) is 58.4 Å². The molecule has 1 N–H and O–H groups in total. The predicted molar refractivity (Wildman–Crippen MR) is 133 cm³/mol. The van der Waals surface area contributed by atoms with Gasteiger partial charge in [-0.3, -0.25) is 14.4 Å². The van der Waals surface area contributed by atoms with Crippen molar-refractivity contribution in [2.75, 3.05) is 25.0 Å². The number of carbonyl (C=O) groups is 3. The minimum absolute atomic E-state index is 0.00936. The lowest BCUT2D eigenvalue weighted by Crippen LogP contribution is -2.40. The van der Waals surface area contributed by atoms with Crippen LogP contribution >= 0.6 is 11.6 Å². The first-order valence-electron chi connectivity index (χ1n) is 11.5. The lowest BCUT2D eigenvalue weighted by atomic mass is 9.92. The third-order valence-electron chi connectivity index (χ3n) is 4.95. The first kappa shape index (κ1) is 27.4. The summed E-state index contributed by atoms with van der Waals surface area (Å²) in [5, 5.41) is 8.07. The van der Waals surface area contributed by atoms with Crippen molar-refractivity contribution in [3.05, 3.63) is 41.0 Å². The minimum atomic E-state index is -0.428. The van der Waals surface area contributed by atoms with Crippen molar-refractivity contribution in [1.82, 2.24) is 14.7 Å². The Balaban J connectivity index is 2.23. The molecular weight excluding hydrogens is 456 g/mol. The van der Waals surface area contributed by atoms with E-state index in [4.69, 9.17) is 16.3 Å². The summed E-state index contributed by atoms with van der Waals surface area (Å²) in [7, 11) is 0. The zero-order valence-corrected chi connectivity index (χ0v) is 21.6. The molecule has 1 aromatic carbocycles. The number of aromatic nitrogens is 2. The largest absolute Gasteiger partial charge is 0.466 e. The zero-order chi connectivity index (χ0) is 25.5. The van der Waals surface area contributed by atoms with Gasteiger partial charge in [-0.2, -0.15) is 5.10 Å². The summed E-state index contributed by atoms with van der Waals surface area (Å²) in [6, 6.07) is 9.06. The second-order valence-corrected chi connectivity index (χ2v) is 9.96. The Labute approximate surface area is 206 Å². The van der Waals surface area contributed by atoms with Crippen molar-refractivity contribution in [3.63, 3.8) is 0 Å². The molecule has 0 spiro atoms. The van der Waals surface area contributed by atoms with Gasteiger partial charge in [-0.15, -0.1) is 0 Å². The van der Waals surface area contributed by atoms with Crippen LogP contribution in [0.1, 0.15) is 60.1 Å². The lowest BCUT2D eigenvalue weighted by Gasteiger charge is -2.24. The Hall–Kier alpha value is -2.87. The molecule has 2 amide bonds. The first-order valence-corrected chi connectivity index (χ1v) is 11.9. The summed E-state index contributed by atoms with van der Waals surface area (Å²) >= 11 is 6.39. The summed E-state index contributed by atoms with van der Waals surface area (Å²) in [4.78, 5) is 38.9. The highest BCUT2D eigenvalue weighted by Crippen LogP contribution is 2.29. The molecule has 0 aliphatic rings. The van der Waals surface area contributed by atoms with Crippen molar-refractivity contribution >= 4 is 35.2 Å². The molecule has 1 heterocycles. The van der Waals surface area contributed by atoms with Crippen molar-refractivity contribution in [2.24, 2.45) is 5.92 Å². The number of amides is 2. The molecule has 0 radical (unpaired) electrons. The molecule has 0 aliphatic heterocycles. The number of rotatable bonds is 10. The number of carbonyl (C=O) groups excluding carboxylic acids is 3. The normalized spacial score (nSPS) is 11.4. The maximum atomic E-state index is 13.0. The van der Waals surface area contributed by atoms with Gasteiger partial charge >= 0.3 is 5.97 Å². The SMILES string of the molecule is CCOC(=O)CCC(=O)N(CC(=O)Nc1cc(C(C)(C)C)nn1-c1ccccc1Cl)CC(C)C. The van der Waals surface area contributed by atoms with Gasteiger partial charge in [0.05, 0.1) is 36.0 Å². The zero-order valence-electron chi connectivity index (χ0n) is 20.9. The summed E-state index contributed by atoms with van der Waals surface area (Å²) in [6.45, 7) is 12.3. The second kappa shape index (κ2) is 12.0. The molecule has 0 fully saturated rings. The topological polar surface area (TPSA) is 93.5 Å². The van der Waals surface area contributed by atoms with Crippen LogP contribution in [-0.4, -0.2) is 52.2 Å². The summed E-state index contributed by atoms with van der Waals surface area (Å²) in [5.74, 6) is -0.444. The van der Waals surface area contributed by atoms with Crippen molar-refractivity contribution in [1.29, 1.82) is 0 Å². The van der Waals surface area contributed by atoms with Gasteiger partial charge in [0.25, 0.3) is 0 Å². The number of nitrogens with zero attached hydrogens (tertiary/aromatic N) is 3. The highest BCUT2D eigenvalue weighted by molar-refractivity contribution is 6.32. The first-order chi connectivity index (χ1) is 15.9. The molecule has 0 unspecified atom stereocenters. The monoisotopic (exact) mass is 490 g/mol. The molecule has 0 bridgehead atoms. The summed E-state index contributed by atoms with van der Waals surface area (Å²) < 4.78 is 6.51. The fraction of sp³-hybridized carbons (Fsp3) is 0.520. The number of nitrogens with one attached hydrogen (secondary N) is 1. The third kappa shape index (κ3) is 7.87. The van der Waals surface area contributed by atoms with E-state index in [1.807, 2.05) is 58.9 Å². The molecule has 0 atom stereocenters. The fourth-order valence-electron chi connectivity index (χ4n) is 3.30. The van der Waals surface area contributed by atoms with E-state index < -0.39 is 5.97 Å². The van der Waals surface area contributed by atoms with Gasteiger partial charge in [-0.25, -0.2) is 4.68 Å². The lowest BCUT2D eigenvalue weighted by molar-refractivity contribution is -0.146. The van der Waals surface area contributed by atoms with Crippen molar-refractivity contribution < 1.29 is 19.1 Å². The minimum Gasteiger partial charge on any atom is -0.466 e. The molecule has 34 heavy (non-hydrogen) atoms. The average Bonchev–Trinajstić information content (AvgIpc) is 3.15. The van der Waals surface area contributed by atoms with Crippen LogP contribution < -0.4 is 5.32 Å². The van der Waals surface area contributed by atoms with Crippen LogP contribution in [0.25, 0.3) is 5.69 Å². The predicted octanol–water partition coefficient (Wildman–Crippen LogP) is 4.59. The Morgan fingerprint density at radius 1 is 1.18 bits per heavy atom. The van der Waals surface area contributed by atoms with Gasteiger partial charge < -0.3 is 15.0 Å². The van der Waals surface area contributed by atoms with Crippen molar-refractivity contribution in [2.45, 2.75) is 59.8 Å². The molecule has 0 saturated heterocycles. The molecule has 2 aromatic rings. The van der Waals surface area contributed by atoms with E-state index in [9.17, 15) is 14.4 Å². The highest BCUT2D eigenvalue weighted by Gasteiger charge is 2.24. The van der Waals surface area contributed by atoms with Crippen LogP contribution in [0.15, 0.2) is 30.3 Å². The molecule has 8 nitrogen and oxygen atoms in total. The third-order valence-corrected chi connectivity index (χ3v) is 5.27. The Morgan fingerprint density at radius 2 is 1.85 bits per heavy atom. The summed E-state index contributed by atoms with van der Waals surface area (Å²) in [6.07, 6.45) is -0.0261. The number of para-hydroxylation sites is 1. The Bertz CT molecular complexity index is 1010. The number of ether oxygens (including phenoxy) is 1. The van der Waals surface area contributed by atoms with E-state index in [0.717, 1.165) is 5.69 Å². The van der Waals surface area contributed by atoms with Gasteiger partial charge in [0.15, 0.2) is 0 Å². The quantitative estimate of drug-likeness (QED) is 0.491. The standard InChI is InChI=1S/C25H35ClN4O4/c1-7-34-24(33)13-12-23(32)29(15-17(2)3)16-22(31)27-21-14-20(25(4,5)6)28-30(21)19-11-9-8-10-18(19)26/h8-11,14,17H,7,12-13,15-16H2,1-6H3,(H,27,31). The molecule has 2 rings (SSSR count). The summed E-state index contributed by atoms with van der Waals surface area (Å²) in [5.41, 5.74) is 1.17. The molecule has 1 aromatic heterocycles. The number of hydrogen-bond acceptors (Lipinski definition) is 5. The number of halogens is 1.